The second kappa shape index (κ2) is 11.4. The lowest BCUT2D eigenvalue weighted by Gasteiger charge is -2.17. The number of furan rings is 1. The highest BCUT2D eigenvalue weighted by Crippen LogP contribution is 2.35. The molecule has 3 aromatic rings. The molecule has 1 aliphatic rings. The van der Waals surface area contributed by atoms with Crippen molar-refractivity contribution >= 4 is 64.3 Å². The number of methoxy groups -OCH3 is 1. The van der Waals surface area contributed by atoms with E-state index >= 15 is 0 Å². The summed E-state index contributed by atoms with van der Waals surface area (Å²) in [6.45, 7) is 1.55. The zero-order valence-electron chi connectivity index (χ0n) is 20.2. The van der Waals surface area contributed by atoms with Crippen molar-refractivity contribution in [2.45, 2.75) is 13.5 Å². The Morgan fingerprint density at radius 2 is 1.68 bits per heavy atom. The number of nitrogens with zero attached hydrogens (tertiary/aromatic N) is 1. The minimum atomic E-state index is -0.918. The maximum Gasteiger partial charge on any atom is 0.340 e. The number of para-hydroxylation sites is 1. The quantitative estimate of drug-likeness (QED) is 0.259. The maximum absolute atomic E-state index is 13.3. The molecule has 0 fully saturated rings. The molecule has 194 valence electrons. The van der Waals surface area contributed by atoms with Crippen LogP contribution in [0.1, 0.15) is 18.4 Å². The average molecular weight is 554 g/mol. The summed E-state index contributed by atoms with van der Waals surface area (Å²) in [5, 5.41) is 5.46. The minimum absolute atomic E-state index is 0.0997. The first-order chi connectivity index (χ1) is 18.2. The number of allylic oxidation sites excluding steroid dienone is 1. The number of rotatable bonds is 6. The number of halogens is 2. The molecular weight excluding hydrogens is 533 g/mol. The lowest BCUT2D eigenvalue weighted by Crippen LogP contribution is -2.34. The van der Waals surface area contributed by atoms with E-state index in [0.29, 0.717) is 27.2 Å². The first-order valence-electron chi connectivity index (χ1n) is 11.2. The van der Waals surface area contributed by atoms with E-state index in [-0.39, 0.29) is 29.1 Å². The summed E-state index contributed by atoms with van der Waals surface area (Å²) in [7, 11) is 1.24. The predicted octanol–water partition coefficient (Wildman–Crippen LogP) is 4.72. The van der Waals surface area contributed by atoms with E-state index in [2.05, 4.69) is 10.6 Å². The van der Waals surface area contributed by atoms with Gasteiger partial charge in [0, 0.05) is 27.1 Å². The van der Waals surface area contributed by atoms with Crippen LogP contribution in [0.2, 0.25) is 10.0 Å². The summed E-state index contributed by atoms with van der Waals surface area (Å²) in [5.74, 6) is -2.33. The van der Waals surface area contributed by atoms with Gasteiger partial charge in [0.1, 0.15) is 11.5 Å². The molecule has 0 atom stereocenters. The van der Waals surface area contributed by atoms with Crippen LogP contribution in [0.3, 0.4) is 0 Å². The summed E-state index contributed by atoms with van der Waals surface area (Å²) in [6.07, 6.45) is 1.43. The highest BCUT2D eigenvalue weighted by atomic mass is 35.5. The molecule has 3 amide bonds. The first-order valence-corrected chi connectivity index (χ1v) is 12.0. The summed E-state index contributed by atoms with van der Waals surface area (Å²) >= 11 is 11.8. The number of hydrogen-bond acceptors (Lipinski definition) is 6. The van der Waals surface area contributed by atoms with Gasteiger partial charge < -0.3 is 19.8 Å². The Morgan fingerprint density at radius 3 is 2.34 bits per heavy atom. The number of esters is 1. The van der Waals surface area contributed by atoms with Crippen LogP contribution in [-0.4, -0.2) is 30.8 Å². The van der Waals surface area contributed by atoms with E-state index in [0.717, 1.165) is 0 Å². The van der Waals surface area contributed by atoms with Gasteiger partial charge in [0.05, 0.1) is 24.8 Å². The fraction of sp³-hybridized carbons (Fsp3) is 0.111. The number of carbonyl (C=O) groups is 4. The van der Waals surface area contributed by atoms with Crippen molar-refractivity contribution in [3.63, 3.8) is 0 Å². The lowest BCUT2D eigenvalue weighted by molar-refractivity contribution is -0.136. The van der Waals surface area contributed by atoms with E-state index in [1.807, 2.05) is 6.07 Å². The third-order valence-electron chi connectivity index (χ3n) is 5.52. The lowest BCUT2D eigenvalue weighted by atomic mass is 10.1. The summed E-state index contributed by atoms with van der Waals surface area (Å²) in [4.78, 5) is 51.7. The highest BCUT2D eigenvalue weighted by Gasteiger charge is 2.38. The SMILES string of the molecule is COC(=O)C1=C(C)N(c2ccccc2)C(=O)/C1=C/c1ccc(CNC(=O)C(=O)Nc2cc(Cl)cc(Cl)c2)o1. The largest absolute Gasteiger partial charge is 0.465 e. The van der Waals surface area contributed by atoms with Crippen molar-refractivity contribution in [2.75, 3.05) is 17.3 Å². The van der Waals surface area contributed by atoms with Crippen LogP contribution < -0.4 is 15.5 Å². The average Bonchev–Trinajstić information content (AvgIpc) is 3.43. The van der Waals surface area contributed by atoms with Crippen molar-refractivity contribution in [1.82, 2.24) is 5.32 Å². The molecule has 0 saturated heterocycles. The number of nitrogens with one attached hydrogen (secondary N) is 2. The molecule has 0 spiro atoms. The zero-order chi connectivity index (χ0) is 27.4. The van der Waals surface area contributed by atoms with Crippen LogP contribution in [0.25, 0.3) is 6.08 Å². The smallest absolute Gasteiger partial charge is 0.340 e. The van der Waals surface area contributed by atoms with Crippen LogP contribution >= 0.6 is 23.2 Å². The Balaban J connectivity index is 1.47. The van der Waals surface area contributed by atoms with Crippen molar-refractivity contribution in [3.8, 4) is 0 Å². The number of benzene rings is 2. The molecule has 0 saturated carbocycles. The third kappa shape index (κ3) is 5.80. The van der Waals surface area contributed by atoms with E-state index in [9.17, 15) is 19.2 Å². The molecule has 1 aliphatic heterocycles. The topological polar surface area (TPSA) is 118 Å². The molecule has 4 rings (SSSR count). The molecule has 0 unspecified atom stereocenters. The molecule has 38 heavy (non-hydrogen) atoms. The van der Waals surface area contributed by atoms with Crippen molar-refractivity contribution in [3.05, 3.63) is 99.1 Å². The molecule has 2 heterocycles. The molecule has 2 aromatic carbocycles. The molecular formula is C27H21Cl2N3O6. The standard InChI is InChI=1S/C27H21Cl2N3O6/c1-15-23(27(36)37-2)22(26(35)32(15)19-6-4-3-5-7-19)13-20-8-9-21(38-20)14-30-24(33)25(34)31-18-11-16(28)10-17(29)12-18/h3-13H,14H2,1-2H3,(H,30,33)(H,31,34)/b22-13+. The zero-order valence-corrected chi connectivity index (χ0v) is 21.7. The third-order valence-corrected chi connectivity index (χ3v) is 5.96. The number of amides is 3. The second-order valence-corrected chi connectivity index (χ2v) is 8.96. The fourth-order valence-electron chi connectivity index (χ4n) is 3.84. The van der Waals surface area contributed by atoms with Gasteiger partial charge in [-0.05, 0) is 55.5 Å². The minimum Gasteiger partial charge on any atom is -0.465 e. The van der Waals surface area contributed by atoms with Gasteiger partial charge in [0.15, 0.2) is 0 Å². The molecule has 9 nitrogen and oxygen atoms in total. The Bertz CT molecular complexity index is 1470. The van der Waals surface area contributed by atoms with Gasteiger partial charge in [-0.3, -0.25) is 19.3 Å². The summed E-state index contributed by atoms with van der Waals surface area (Å²) < 4.78 is 10.6. The van der Waals surface area contributed by atoms with Gasteiger partial charge in [-0.25, -0.2) is 4.79 Å². The second-order valence-electron chi connectivity index (χ2n) is 8.09. The van der Waals surface area contributed by atoms with E-state index < -0.39 is 23.7 Å². The van der Waals surface area contributed by atoms with Crippen molar-refractivity contribution in [1.29, 1.82) is 0 Å². The predicted molar refractivity (Wildman–Crippen MR) is 142 cm³/mol. The van der Waals surface area contributed by atoms with Crippen LogP contribution in [-0.2, 0) is 30.5 Å². The summed E-state index contributed by atoms with van der Waals surface area (Å²) in [5.41, 5.74) is 1.50. The van der Waals surface area contributed by atoms with Crippen LogP contribution in [0.15, 0.2) is 81.9 Å². The van der Waals surface area contributed by atoms with Gasteiger partial charge in [0.2, 0.25) is 0 Å². The number of hydrogen-bond donors (Lipinski definition) is 2. The van der Waals surface area contributed by atoms with E-state index in [1.54, 1.807) is 43.3 Å². The Hall–Kier alpha value is -4.34. The number of anilines is 2. The van der Waals surface area contributed by atoms with Gasteiger partial charge in [-0.15, -0.1) is 0 Å². The molecule has 1 aromatic heterocycles. The van der Waals surface area contributed by atoms with Gasteiger partial charge in [-0.2, -0.15) is 0 Å². The molecule has 0 aliphatic carbocycles. The molecule has 2 N–H and O–H groups in total. The van der Waals surface area contributed by atoms with Gasteiger partial charge >= 0.3 is 17.8 Å². The molecule has 0 radical (unpaired) electrons. The fourth-order valence-corrected chi connectivity index (χ4v) is 4.36. The van der Waals surface area contributed by atoms with Gasteiger partial charge in [0.25, 0.3) is 5.91 Å². The maximum atomic E-state index is 13.3. The Kier molecular flexibility index (Phi) is 7.99. The highest BCUT2D eigenvalue weighted by molar-refractivity contribution is 6.40. The Labute approximate surface area is 227 Å². The molecule has 11 heteroatoms. The van der Waals surface area contributed by atoms with E-state index in [4.69, 9.17) is 32.4 Å². The van der Waals surface area contributed by atoms with Crippen LogP contribution in [0, 0.1) is 0 Å². The van der Waals surface area contributed by atoms with Crippen molar-refractivity contribution < 1.29 is 28.3 Å². The van der Waals surface area contributed by atoms with Crippen LogP contribution in [0.4, 0.5) is 11.4 Å². The van der Waals surface area contributed by atoms with Crippen LogP contribution in [0.5, 0.6) is 0 Å². The monoisotopic (exact) mass is 553 g/mol. The Morgan fingerprint density at radius 1 is 1.00 bits per heavy atom. The molecule has 0 bridgehead atoms. The van der Waals surface area contributed by atoms with Crippen molar-refractivity contribution in [2.24, 2.45) is 0 Å². The summed E-state index contributed by atoms with van der Waals surface area (Å²) in [6, 6.07) is 16.4. The normalized spacial score (nSPS) is 14.2. The number of ether oxygens (including phenoxy) is 1. The number of carbonyl (C=O) groups excluding carboxylic acids is 4. The van der Waals surface area contributed by atoms with Gasteiger partial charge in [-0.1, -0.05) is 41.4 Å². The first kappa shape index (κ1) is 26.7. The van der Waals surface area contributed by atoms with E-state index in [1.165, 1.54) is 36.3 Å².